The number of nitrogen functional groups attached to an aromatic ring is 1. The molecular weight excluding hydrogens is 343 g/mol. The molecule has 0 fully saturated rings. The molecule has 3 rings (SSSR count). The van der Waals surface area contributed by atoms with E-state index in [0.717, 1.165) is 0 Å². The van der Waals surface area contributed by atoms with Crippen LogP contribution < -0.4 is 10.5 Å². The average molecular weight is 356 g/mol. The number of nitrogens with zero attached hydrogens (tertiary/aromatic N) is 5. The molecule has 0 radical (unpaired) electrons. The average Bonchev–Trinajstić information content (AvgIpc) is 2.92. The van der Waals surface area contributed by atoms with Crippen molar-refractivity contribution in [1.82, 2.24) is 19.7 Å². The number of para-hydroxylation sites is 1. The molecule has 0 aliphatic heterocycles. The van der Waals surface area contributed by atoms with Crippen LogP contribution in [0.5, 0.6) is 11.6 Å². The Morgan fingerprint density at radius 2 is 2.08 bits per heavy atom. The molecule has 2 N–H and O–H groups in total. The summed E-state index contributed by atoms with van der Waals surface area (Å²) in [4.78, 5) is 8.41. The van der Waals surface area contributed by atoms with Gasteiger partial charge in [0, 0.05) is 6.07 Å². The van der Waals surface area contributed by atoms with Crippen LogP contribution in [0, 0.1) is 24.1 Å². The number of thioether (sulfide) groups is 1. The van der Waals surface area contributed by atoms with Gasteiger partial charge in [-0.25, -0.2) is 9.37 Å². The molecule has 0 saturated heterocycles. The van der Waals surface area contributed by atoms with Crippen LogP contribution in [-0.4, -0.2) is 26.0 Å². The summed E-state index contributed by atoms with van der Waals surface area (Å²) < 4.78 is 20.6. The van der Waals surface area contributed by atoms with Gasteiger partial charge in [0.2, 0.25) is 5.88 Å². The number of aromatic nitrogens is 4. The first kappa shape index (κ1) is 16.7. The predicted octanol–water partition coefficient (Wildman–Crippen LogP) is 3.08. The van der Waals surface area contributed by atoms with Gasteiger partial charge in [0.1, 0.15) is 28.3 Å². The summed E-state index contributed by atoms with van der Waals surface area (Å²) in [6, 6.07) is 9.52. The summed E-state index contributed by atoms with van der Waals surface area (Å²) >= 11 is 1.30. The topological polar surface area (TPSA) is 103 Å². The van der Waals surface area contributed by atoms with Crippen LogP contribution in [0.2, 0.25) is 0 Å². The zero-order chi connectivity index (χ0) is 18.0. The highest BCUT2D eigenvalue weighted by Gasteiger charge is 2.18. The molecule has 1 aromatic carbocycles. The number of hydrogen-bond acceptors (Lipinski definition) is 7. The highest BCUT2D eigenvalue weighted by molar-refractivity contribution is 7.98. The fraction of sp³-hybridized carbons (Fsp3) is 0.125. The van der Waals surface area contributed by atoms with Gasteiger partial charge in [0.05, 0.1) is 0 Å². The lowest BCUT2D eigenvalue weighted by molar-refractivity contribution is 0.424. The van der Waals surface area contributed by atoms with E-state index >= 15 is 0 Å². The largest absolute Gasteiger partial charge is 0.436 e. The van der Waals surface area contributed by atoms with Gasteiger partial charge in [0.15, 0.2) is 17.4 Å². The van der Waals surface area contributed by atoms with E-state index in [-0.39, 0.29) is 23.0 Å². The number of anilines is 1. The maximum absolute atomic E-state index is 13.8. The van der Waals surface area contributed by atoms with Crippen LogP contribution in [0.25, 0.3) is 5.82 Å². The van der Waals surface area contributed by atoms with Gasteiger partial charge in [-0.15, -0.1) is 11.8 Å². The van der Waals surface area contributed by atoms with Crippen LogP contribution in [0.1, 0.15) is 11.4 Å². The summed E-state index contributed by atoms with van der Waals surface area (Å²) in [5.74, 6) is 0.572. The van der Waals surface area contributed by atoms with Crippen molar-refractivity contribution in [3.05, 3.63) is 47.5 Å². The Hall–Kier alpha value is -3.12. The van der Waals surface area contributed by atoms with Crippen LogP contribution in [0.4, 0.5) is 10.2 Å². The van der Waals surface area contributed by atoms with Crippen molar-refractivity contribution in [2.45, 2.75) is 11.9 Å². The fourth-order valence-electron chi connectivity index (χ4n) is 2.16. The van der Waals surface area contributed by atoms with Crippen LogP contribution in [0.3, 0.4) is 0 Å². The third kappa shape index (κ3) is 3.25. The van der Waals surface area contributed by atoms with Crippen molar-refractivity contribution in [3.63, 3.8) is 0 Å². The van der Waals surface area contributed by atoms with E-state index in [0.29, 0.717) is 16.7 Å². The summed E-state index contributed by atoms with van der Waals surface area (Å²) in [6.45, 7) is 1.66. The van der Waals surface area contributed by atoms with Crippen LogP contribution in [-0.2, 0) is 0 Å². The van der Waals surface area contributed by atoms with E-state index < -0.39 is 5.82 Å². The minimum Gasteiger partial charge on any atom is -0.436 e. The molecule has 0 amide bonds. The van der Waals surface area contributed by atoms with Crippen molar-refractivity contribution >= 4 is 17.6 Å². The van der Waals surface area contributed by atoms with Crippen molar-refractivity contribution in [2.24, 2.45) is 0 Å². The van der Waals surface area contributed by atoms with Crippen LogP contribution >= 0.6 is 11.8 Å². The lowest BCUT2D eigenvalue weighted by Crippen LogP contribution is -2.07. The molecule has 9 heteroatoms. The van der Waals surface area contributed by atoms with E-state index in [1.165, 1.54) is 34.6 Å². The number of nitrogens with two attached hydrogens (primary N) is 1. The molecule has 0 aliphatic rings. The number of halogens is 1. The van der Waals surface area contributed by atoms with E-state index in [2.05, 4.69) is 15.1 Å². The SMILES string of the molecule is CSc1nn(-c2cc(Oc3ccccc3F)nc(C)n2)c(N)c1C#N. The Bertz CT molecular complexity index is 981. The van der Waals surface area contributed by atoms with E-state index in [1.807, 2.05) is 6.07 Å². The molecule has 0 saturated carbocycles. The van der Waals surface area contributed by atoms with Gasteiger partial charge >= 0.3 is 0 Å². The van der Waals surface area contributed by atoms with Gasteiger partial charge in [-0.1, -0.05) is 12.1 Å². The second-order valence-electron chi connectivity index (χ2n) is 4.94. The third-order valence-corrected chi connectivity index (χ3v) is 3.94. The molecule has 25 heavy (non-hydrogen) atoms. The quantitative estimate of drug-likeness (QED) is 0.717. The number of benzene rings is 1. The molecule has 0 aliphatic carbocycles. The van der Waals surface area contributed by atoms with Gasteiger partial charge in [-0.3, -0.25) is 0 Å². The number of ether oxygens (including phenoxy) is 1. The minimum atomic E-state index is -0.504. The highest BCUT2D eigenvalue weighted by atomic mass is 32.2. The number of rotatable bonds is 4. The summed E-state index contributed by atoms with van der Waals surface area (Å²) in [7, 11) is 0. The number of aryl methyl sites for hydroxylation is 1. The van der Waals surface area contributed by atoms with Crippen molar-refractivity contribution in [3.8, 4) is 23.5 Å². The molecule has 0 unspecified atom stereocenters. The molecule has 2 heterocycles. The zero-order valence-corrected chi connectivity index (χ0v) is 14.2. The van der Waals surface area contributed by atoms with Gasteiger partial charge in [0.25, 0.3) is 0 Å². The van der Waals surface area contributed by atoms with E-state index in [9.17, 15) is 9.65 Å². The molecule has 126 valence electrons. The van der Waals surface area contributed by atoms with Gasteiger partial charge < -0.3 is 10.5 Å². The molecule has 0 bridgehead atoms. The summed E-state index contributed by atoms with van der Waals surface area (Å²) in [5, 5.41) is 14.0. The van der Waals surface area contributed by atoms with Gasteiger partial charge in [-0.2, -0.15) is 20.0 Å². The second-order valence-corrected chi connectivity index (χ2v) is 5.73. The summed E-state index contributed by atoms with van der Waals surface area (Å²) in [5.41, 5.74) is 6.28. The molecule has 0 spiro atoms. The number of hydrogen-bond donors (Lipinski definition) is 1. The fourth-order valence-corrected chi connectivity index (χ4v) is 2.68. The normalized spacial score (nSPS) is 10.5. The van der Waals surface area contributed by atoms with Crippen LogP contribution in [0.15, 0.2) is 35.4 Å². The number of nitriles is 1. The third-order valence-electron chi connectivity index (χ3n) is 3.26. The van der Waals surface area contributed by atoms with Crippen molar-refractivity contribution in [2.75, 3.05) is 12.0 Å². The molecule has 2 aromatic heterocycles. The Labute approximate surface area is 147 Å². The standard InChI is InChI=1S/C16H13FN6OS/c1-9-20-13(23-15(19)10(8-18)16(22-23)25-2)7-14(21-9)24-12-6-4-3-5-11(12)17/h3-7H,19H2,1-2H3. The molecular formula is C16H13FN6OS. The summed E-state index contributed by atoms with van der Waals surface area (Å²) in [6.07, 6.45) is 1.80. The first-order valence-electron chi connectivity index (χ1n) is 7.14. The van der Waals surface area contributed by atoms with Crippen molar-refractivity contribution in [1.29, 1.82) is 5.26 Å². The van der Waals surface area contributed by atoms with E-state index in [1.54, 1.807) is 25.3 Å². The smallest absolute Gasteiger partial charge is 0.224 e. The maximum atomic E-state index is 13.8. The minimum absolute atomic E-state index is 0.0440. The van der Waals surface area contributed by atoms with Gasteiger partial charge in [-0.05, 0) is 25.3 Å². The second kappa shape index (κ2) is 6.78. The molecule has 0 atom stereocenters. The monoisotopic (exact) mass is 356 g/mol. The highest BCUT2D eigenvalue weighted by Crippen LogP contribution is 2.28. The Morgan fingerprint density at radius 3 is 2.72 bits per heavy atom. The molecule has 3 aromatic rings. The molecule has 7 nitrogen and oxygen atoms in total. The first-order valence-corrected chi connectivity index (χ1v) is 8.37. The first-order chi connectivity index (χ1) is 12.0. The zero-order valence-electron chi connectivity index (χ0n) is 13.4. The predicted molar refractivity (Wildman–Crippen MR) is 91.3 cm³/mol. The lowest BCUT2D eigenvalue weighted by Gasteiger charge is -2.09. The Balaban J connectivity index is 2.05. The van der Waals surface area contributed by atoms with E-state index in [4.69, 9.17) is 10.5 Å². The Morgan fingerprint density at radius 1 is 1.32 bits per heavy atom. The lowest BCUT2D eigenvalue weighted by atomic mass is 10.3. The van der Waals surface area contributed by atoms with Crippen molar-refractivity contribution < 1.29 is 9.13 Å². The maximum Gasteiger partial charge on any atom is 0.224 e. The Kier molecular flexibility index (Phi) is 4.54.